The molecule has 0 saturated heterocycles. The number of rotatable bonds is 6. The summed E-state index contributed by atoms with van der Waals surface area (Å²) >= 11 is 3.90. The van der Waals surface area contributed by atoms with E-state index in [1.165, 1.54) is 34.4 Å². The smallest absolute Gasteiger partial charge is 0.325 e. The van der Waals surface area contributed by atoms with E-state index in [1.807, 2.05) is 41.8 Å². The van der Waals surface area contributed by atoms with Gasteiger partial charge in [0.25, 0.3) is 0 Å². The molecule has 3 N–H and O–H groups in total. The van der Waals surface area contributed by atoms with Crippen LogP contribution in [-0.2, 0) is 4.79 Å². The molecule has 128 valence electrons. The Hall–Kier alpha value is -2.43. The van der Waals surface area contributed by atoms with Gasteiger partial charge in [0, 0.05) is 5.69 Å². The second kappa shape index (κ2) is 8.60. The lowest BCUT2D eigenvalue weighted by molar-refractivity contribution is -0.113. The average Bonchev–Trinajstić information content (AvgIpc) is 3.26. The van der Waals surface area contributed by atoms with Gasteiger partial charge in [0.05, 0.1) is 10.8 Å². The van der Waals surface area contributed by atoms with E-state index in [-0.39, 0.29) is 17.7 Å². The van der Waals surface area contributed by atoms with Crippen LogP contribution in [-0.4, -0.2) is 27.9 Å². The first kappa shape index (κ1) is 17.4. The highest BCUT2D eigenvalue weighted by Gasteiger charge is 2.11. The highest BCUT2D eigenvalue weighted by atomic mass is 32.2. The highest BCUT2D eigenvalue weighted by molar-refractivity contribution is 8.01. The van der Waals surface area contributed by atoms with Crippen molar-refractivity contribution in [2.75, 3.05) is 21.7 Å². The van der Waals surface area contributed by atoms with E-state index in [9.17, 15) is 9.59 Å². The SMILES string of the molecule is O=C(CSc1nnc(NC(=O)Nc2cccs2)s1)Nc1ccccc1. The van der Waals surface area contributed by atoms with Crippen LogP contribution in [0.15, 0.2) is 52.2 Å². The molecule has 0 atom stereocenters. The lowest BCUT2D eigenvalue weighted by atomic mass is 10.3. The molecule has 0 radical (unpaired) electrons. The molecule has 0 aliphatic heterocycles. The summed E-state index contributed by atoms with van der Waals surface area (Å²) in [5.74, 6) is 0.0848. The molecule has 25 heavy (non-hydrogen) atoms. The number of carbonyl (C=O) groups is 2. The maximum absolute atomic E-state index is 11.9. The third-order valence-corrected chi connectivity index (χ3v) is 5.53. The van der Waals surface area contributed by atoms with Crippen LogP contribution in [0.3, 0.4) is 0 Å². The van der Waals surface area contributed by atoms with E-state index in [2.05, 4.69) is 26.1 Å². The summed E-state index contributed by atoms with van der Waals surface area (Å²) in [7, 11) is 0. The van der Waals surface area contributed by atoms with Crippen molar-refractivity contribution in [3.05, 3.63) is 47.8 Å². The van der Waals surface area contributed by atoms with E-state index in [0.29, 0.717) is 9.47 Å². The van der Waals surface area contributed by atoms with Crippen molar-refractivity contribution in [2.45, 2.75) is 4.34 Å². The van der Waals surface area contributed by atoms with Gasteiger partial charge in [-0.1, -0.05) is 41.3 Å². The summed E-state index contributed by atoms with van der Waals surface area (Å²) in [5, 5.41) is 18.9. The largest absolute Gasteiger partial charge is 0.326 e. The minimum Gasteiger partial charge on any atom is -0.325 e. The zero-order valence-corrected chi connectivity index (χ0v) is 15.2. The van der Waals surface area contributed by atoms with E-state index >= 15 is 0 Å². The van der Waals surface area contributed by atoms with Crippen LogP contribution in [0.5, 0.6) is 0 Å². The number of para-hydroxylation sites is 1. The summed E-state index contributed by atoms with van der Waals surface area (Å²) < 4.78 is 0.606. The minimum absolute atomic E-state index is 0.128. The molecule has 0 saturated carbocycles. The molecule has 3 amide bonds. The molecule has 0 bridgehead atoms. The molecule has 0 spiro atoms. The Bertz CT molecular complexity index is 836. The van der Waals surface area contributed by atoms with Gasteiger partial charge in [0.15, 0.2) is 4.34 Å². The van der Waals surface area contributed by atoms with Gasteiger partial charge in [-0.2, -0.15) is 0 Å². The summed E-state index contributed by atoms with van der Waals surface area (Å²) in [6.07, 6.45) is 0. The summed E-state index contributed by atoms with van der Waals surface area (Å²) in [4.78, 5) is 23.7. The van der Waals surface area contributed by atoms with E-state index in [0.717, 1.165) is 10.7 Å². The van der Waals surface area contributed by atoms with Crippen molar-refractivity contribution in [3.63, 3.8) is 0 Å². The molecule has 2 aromatic heterocycles. The van der Waals surface area contributed by atoms with Crippen molar-refractivity contribution in [1.29, 1.82) is 0 Å². The first-order valence-corrected chi connectivity index (χ1v) is 9.80. The maximum Gasteiger partial charge on any atom is 0.326 e. The third kappa shape index (κ3) is 5.55. The number of carbonyl (C=O) groups excluding carboxylic acids is 2. The Morgan fingerprint density at radius 2 is 1.84 bits per heavy atom. The summed E-state index contributed by atoms with van der Waals surface area (Å²) in [6, 6.07) is 12.5. The van der Waals surface area contributed by atoms with Gasteiger partial charge in [-0.25, -0.2) is 4.79 Å². The number of benzene rings is 1. The van der Waals surface area contributed by atoms with Crippen molar-refractivity contribution in [1.82, 2.24) is 10.2 Å². The molecule has 3 rings (SSSR count). The number of thiophene rings is 1. The second-order valence-corrected chi connectivity index (χ2v) is 7.78. The first-order valence-electron chi connectivity index (χ1n) is 7.12. The molecular formula is C15H13N5O2S3. The topological polar surface area (TPSA) is 96.0 Å². The number of nitrogens with one attached hydrogen (secondary N) is 3. The fourth-order valence-corrected chi connectivity index (χ4v) is 3.91. The number of nitrogens with zero attached hydrogens (tertiary/aromatic N) is 2. The van der Waals surface area contributed by atoms with Crippen LogP contribution in [0.4, 0.5) is 20.6 Å². The van der Waals surface area contributed by atoms with Crippen LogP contribution in [0.2, 0.25) is 0 Å². The predicted molar refractivity (Wildman–Crippen MR) is 103 cm³/mol. The molecule has 0 aliphatic carbocycles. The highest BCUT2D eigenvalue weighted by Crippen LogP contribution is 2.26. The number of urea groups is 1. The zero-order chi connectivity index (χ0) is 17.5. The van der Waals surface area contributed by atoms with Gasteiger partial charge in [0.2, 0.25) is 11.0 Å². The van der Waals surface area contributed by atoms with Gasteiger partial charge in [0.1, 0.15) is 0 Å². The van der Waals surface area contributed by atoms with Gasteiger partial charge in [-0.15, -0.1) is 21.5 Å². The number of anilines is 3. The quantitative estimate of drug-likeness (QED) is 0.436. The van der Waals surface area contributed by atoms with Crippen LogP contribution >= 0.6 is 34.4 Å². The van der Waals surface area contributed by atoms with Gasteiger partial charge in [-0.05, 0) is 29.6 Å². The average molecular weight is 392 g/mol. The van der Waals surface area contributed by atoms with Crippen molar-refractivity contribution >= 4 is 62.2 Å². The van der Waals surface area contributed by atoms with Crippen LogP contribution in [0.1, 0.15) is 0 Å². The number of hydrogen-bond acceptors (Lipinski definition) is 7. The summed E-state index contributed by atoms with van der Waals surface area (Å²) in [5.41, 5.74) is 0.748. The molecule has 2 heterocycles. The lowest BCUT2D eigenvalue weighted by Gasteiger charge is -2.03. The fraction of sp³-hybridized carbons (Fsp3) is 0.0667. The van der Waals surface area contributed by atoms with E-state index in [1.54, 1.807) is 6.07 Å². The Labute approximate surface area is 155 Å². The number of amides is 3. The molecule has 0 aliphatic rings. The molecule has 7 nitrogen and oxygen atoms in total. The van der Waals surface area contributed by atoms with Crippen molar-refractivity contribution < 1.29 is 9.59 Å². The lowest BCUT2D eigenvalue weighted by Crippen LogP contribution is -2.18. The fourth-order valence-electron chi connectivity index (χ4n) is 1.75. The Morgan fingerprint density at radius 1 is 1.00 bits per heavy atom. The first-order chi connectivity index (χ1) is 12.2. The van der Waals surface area contributed by atoms with Gasteiger partial charge >= 0.3 is 6.03 Å². The van der Waals surface area contributed by atoms with Gasteiger partial charge in [-0.3, -0.25) is 15.4 Å². The molecule has 1 aromatic carbocycles. The normalized spacial score (nSPS) is 10.2. The molecular weight excluding hydrogens is 378 g/mol. The second-order valence-electron chi connectivity index (χ2n) is 4.63. The van der Waals surface area contributed by atoms with Crippen LogP contribution < -0.4 is 16.0 Å². The molecule has 0 unspecified atom stereocenters. The van der Waals surface area contributed by atoms with Crippen LogP contribution in [0.25, 0.3) is 0 Å². The zero-order valence-electron chi connectivity index (χ0n) is 12.8. The molecule has 0 fully saturated rings. The number of thioether (sulfide) groups is 1. The Kier molecular flexibility index (Phi) is 5.99. The molecule has 10 heteroatoms. The van der Waals surface area contributed by atoms with Crippen molar-refractivity contribution in [2.24, 2.45) is 0 Å². The van der Waals surface area contributed by atoms with Crippen molar-refractivity contribution in [3.8, 4) is 0 Å². The monoisotopic (exact) mass is 391 g/mol. The predicted octanol–water partition coefficient (Wildman–Crippen LogP) is 3.97. The Morgan fingerprint density at radius 3 is 2.60 bits per heavy atom. The maximum atomic E-state index is 11.9. The summed E-state index contributed by atoms with van der Waals surface area (Å²) in [6.45, 7) is 0. The number of aromatic nitrogens is 2. The van der Waals surface area contributed by atoms with Gasteiger partial charge < -0.3 is 5.32 Å². The van der Waals surface area contributed by atoms with E-state index in [4.69, 9.17) is 0 Å². The van der Waals surface area contributed by atoms with Crippen LogP contribution in [0, 0.1) is 0 Å². The minimum atomic E-state index is -0.378. The third-order valence-electron chi connectivity index (χ3n) is 2.77. The standard InChI is InChI=1S/C15H13N5O2S3/c21-11(16-10-5-2-1-3-6-10)9-24-15-20-19-14(25-15)18-13(22)17-12-7-4-8-23-12/h1-8H,9H2,(H,16,21)(H2,17,18,19,22). The van der Waals surface area contributed by atoms with E-state index < -0.39 is 0 Å². The number of hydrogen-bond donors (Lipinski definition) is 3. The molecule has 3 aromatic rings. The Balaban J connectivity index is 1.45.